The summed E-state index contributed by atoms with van der Waals surface area (Å²) in [7, 11) is 2.04. The van der Waals surface area contributed by atoms with Gasteiger partial charge in [0, 0.05) is 16.1 Å². The zero-order chi connectivity index (χ0) is 14.6. The summed E-state index contributed by atoms with van der Waals surface area (Å²) in [6.45, 7) is 8.60. The van der Waals surface area contributed by atoms with Gasteiger partial charge in [0.2, 0.25) is 0 Å². The van der Waals surface area contributed by atoms with Gasteiger partial charge in [0.15, 0.2) is 5.78 Å². The first-order valence-corrected chi connectivity index (χ1v) is 7.64. The number of hydrogen-bond donors (Lipinski definition) is 0. The van der Waals surface area contributed by atoms with Gasteiger partial charge in [0.25, 0.3) is 0 Å². The second-order valence-electron chi connectivity index (χ2n) is 5.69. The average Bonchev–Trinajstić information content (AvgIpc) is 2.36. The Kier molecular flexibility index (Phi) is 6.21. The first-order valence-electron chi connectivity index (χ1n) is 6.84. The SMILES string of the molecule is CC(C)CC(C)N(C)C(C)C(=O)c1ccc(Br)cc1. The second kappa shape index (κ2) is 7.20. The van der Waals surface area contributed by atoms with Gasteiger partial charge < -0.3 is 0 Å². The second-order valence-corrected chi connectivity index (χ2v) is 6.61. The molecule has 1 aromatic rings. The van der Waals surface area contributed by atoms with Gasteiger partial charge in [-0.3, -0.25) is 9.69 Å². The molecule has 3 heteroatoms. The lowest BCUT2D eigenvalue weighted by atomic mass is 10.00. The first-order chi connectivity index (χ1) is 8.82. The molecule has 0 saturated heterocycles. The largest absolute Gasteiger partial charge is 0.294 e. The summed E-state index contributed by atoms with van der Waals surface area (Å²) in [5.41, 5.74) is 0.777. The Morgan fingerprint density at radius 3 is 2.16 bits per heavy atom. The maximum absolute atomic E-state index is 12.4. The molecule has 0 heterocycles. The number of nitrogens with zero attached hydrogens (tertiary/aromatic N) is 1. The van der Waals surface area contributed by atoms with Crippen LogP contribution < -0.4 is 0 Å². The molecule has 0 aliphatic carbocycles. The van der Waals surface area contributed by atoms with Crippen LogP contribution in [0.4, 0.5) is 0 Å². The molecule has 0 aromatic heterocycles. The van der Waals surface area contributed by atoms with E-state index in [1.165, 1.54) is 0 Å². The van der Waals surface area contributed by atoms with Crippen LogP contribution >= 0.6 is 15.9 Å². The van der Waals surface area contributed by atoms with E-state index in [0.717, 1.165) is 16.5 Å². The molecular weight excluding hydrogens is 302 g/mol. The highest BCUT2D eigenvalue weighted by molar-refractivity contribution is 9.10. The van der Waals surface area contributed by atoms with Crippen LogP contribution in [0.5, 0.6) is 0 Å². The van der Waals surface area contributed by atoms with Crippen molar-refractivity contribution in [2.45, 2.75) is 46.2 Å². The molecule has 2 unspecified atom stereocenters. The number of carbonyl (C=O) groups excluding carboxylic acids is 1. The maximum atomic E-state index is 12.4. The third-order valence-corrected chi connectivity index (χ3v) is 4.16. The zero-order valence-electron chi connectivity index (χ0n) is 12.5. The maximum Gasteiger partial charge on any atom is 0.179 e. The smallest absolute Gasteiger partial charge is 0.179 e. The van der Waals surface area contributed by atoms with Gasteiger partial charge in [-0.05, 0) is 45.4 Å². The van der Waals surface area contributed by atoms with Crippen LogP contribution in [-0.2, 0) is 0 Å². The number of hydrogen-bond acceptors (Lipinski definition) is 2. The molecule has 2 nitrogen and oxygen atoms in total. The van der Waals surface area contributed by atoms with E-state index < -0.39 is 0 Å². The Hall–Kier alpha value is -0.670. The topological polar surface area (TPSA) is 20.3 Å². The Morgan fingerprint density at radius 1 is 1.16 bits per heavy atom. The van der Waals surface area contributed by atoms with E-state index in [1.807, 2.05) is 38.2 Å². The Labute approximate surface area is 125 Å². The van der Waals surface area contributed by atoms with Gasteiger partial charge in [-0.15, -0.1) is 0 Å². The fourth-order valence-electron chi connectivity index (χ4n) is 2.27. The van der Waals surface area contributed by atoms with Crippen molar-refractivity contribution in [3.8, 4) is 0 Å². The highest BCUT2D eigenvalue weighted by Gasteiger charge is 2.23. The molecule has 0 N–H and O–H groups in total. The highest BCUT2D eigenvalue weighted by Crippen LogP contribution is 2.17. The van der Waals surface area contributed by atoms with E-state index in [2.05, 4.69) is 41.6 Å². The van der Waals surface area contributed by atoms with Crippen LogP contribution in [-0.4, -0.2) is 29.8 Å². The fourth-order valence-corrected chi connectivity index (χ4v) is 2.53. The molecule has 106 valence electrons. The van der Waals surface area contributed by atoms with E-state index in [0.29, 0.717) is 12.0 Å². The monoisotopic (exact) mass is 325 g/mol. The van der Waals surface area contributed by atoms with Crippen LogP contribution in [0.1, 0.15) is 44.5 Å². The van der Waals surface area contributed by atoms with E-state index in [9.17, 15) is 4.79 Å². The van der Waals surface area contributed by atoms with Gasteiger partial charge in [-0.25, -0.2) is 0 Å². The summed E-state index contributed by atoms with van der Waals surface area (Å²) < 4.78 is 0.998. The van der Waals surface area contributed by atoms with Gasteiger partial charge in [0.05, 0.1) is 6.04 Å². The molecule has 0 fully saturated rings. The summed E-state index contributed by atoms with van der Waals surface area (Å²) in [5, 5.41) is 0. The predicted molar refractivity (Wildman–Crippen MR) is 84.6 cm³/mol. The molecule has 0 aliphatic rings. The lowest BCUT2D eigenvalue weighted by molar-refractivity contribution is 0.0811. The normalized spacial score (nSPS) is 14.7. The molecule has 2 atom stereocenters. The molecule has 0 bridgehead atoms. The fraction of sp³-hybridized carbons (Fsp3) is 0.562. The van der Waals surface area contributed by atoms with Crippen molar-refractivity contribution >= 4 is 21.7 Å². The summed E-state index contributed by atoms with van der Waals surface area (Å²) >= 11 is 3.39. The van der Waals surface area contributed by atoms with Crippen LogP contribution in [0.2, 0.25) is 0 Å². The number of halogens is 1. The summed E-state index contributed by atoms with van der Waals surface area (Å²) in [6.07, 6.45) is 1.11. The minimum atomic E-state index is -0.0880. The highest BCUT2D eigenvalue weighted by atomic mass is 79.9. The quantitative estimate of drug-likeness (QED) is 0.723. The Bertz CT molecular complexity index is 413. The van der Waals surface area contributed by atoms with E-state index >= 15 is 0 Å². The number of likely N-dealkylation sites (N-methyl/N-ethyl adjacent to an activating group) is 1. The molecule has 1 rings (SSSR count). The molecule has 0 amide bonds. The number of ketones is 1. The number of Topliss-reactive ketones (excluding diaryl/α,β-unsaturated/α-hetero) is 1. The summed E-state index contributed by atoms with van der Waals surface area (Å²) in [6, 6.07) is 7.91. The van der Waals surface area contributed by atoms with Gasteiger partial charge >= 0.3 is 0 Å². The summed E-state index contributed by atoms with van der Waals surface area (Å²) in [5.74, 6) is 0.832. The number of benzene rings is 1. The van der Waals surface area contributed by atoms with Crippen LogP contribution in [0.25, 0.3) is 0 Å². The molecule has 1 aromatic carbocycles. The van der Waals surface area contributed by atoms with Gasteiger partial charge in [-0.2, -0.15) is 0 Å². The van der Waals surface area contributed by atoms with Gasteiger partial charge in [-0.1, -0.05) is 41.9 Å². The Balaban J connectivity index is 2.73. The first kappa shape index (κ1) is 16.4. The average molecular weight is 326 g/mol. The third kappa shape index (κ3) is 4.73. The number of carbonyl (C=O) groups is 1. The van der Waals surface area contributed by atoms with E-state index in [1.54, 1.807) is 0 Å². The standard InChI is InChI=1S/C16H24BrNO/c1-11(2)10-12(3)18(5)13(4)16(19)14-6-8-15(17)9-7-14/h6-9,11-13H,10H2,1-5H3. The van der Waals surface area contributed by atoms with Crippen molar-refractivity contribution in [3.05, 3.63) is 34.3 Å². The molecule has 0 spiro atoms. The van der Waals surface area contributed by atoms with Crippen molar-refractivity contribution < 1.29 is 4.79 Å². The van der Waals surface area contributed by atoms with Crippen LogP contribution in [0.15, 0.2) is 28.7 Å². The van der Waals surface area contributed by atoms with Crippen molar-refractivity contribution in [1.82, 2.24) is 4.90 Å². The molecule has 19 heavy (non-hydrogen) atoms. The Morgan fingerprint density at radius 2 is 1.68 bits per heavy atom. The van der Waals surface area contributed by atoms with Gasteiger partial charge in [0.1, 0.15) is 0 Å². The van der Waals surface area contributed by atoms with E-state index in [4.69, 9.17) is 0 Å². The lowest BCUT2D eigenvalue weighted by Gasteiger charge is -2.31. The molecular formula is C16H24BrNO. The van der Waals surface area contributed by atoms with Crippen molar-refractivity contribution in [2.24, 2.45) is 5.92 Å². The minimum Gasteiger partial charge on any atom is -0.294 e. The molecule has 0 saturated carbocycles. The minimum absolute atomic E-state index is 0.0880. The lowest BCUT2D eigenvalue weighted by Crippen LogP contribution is -2.42. The third-order valence-electron chi connectivity index (χ3n) is 3.63. The van der Waals surface area contributed by atoms with Crippen molar-refractivity contribution in [3.63, 3.8) is 0 Å². The van der Waals surface area contributed by atoms with E-state index in [-0.39, 0.29) is 11.8 Å². The summed E-state index contributed by atoms with van der Waals surface area (Å²) in [4.78, 5) is 14.6. The van der Waals surface area contributed by atoms with Crippen LogP contribution in [0.3, 0.4) is 0 Å². The predicted octanol–water partition coefficient (Wildman–Crippen LogP) is 4.39. The van der Waals surface area contributed by atoms with Crippen LogP contribution in [0, 0.1) is 5.92 Å². The molecule has 0 aliphatic heterocycles. The zero-order valence-corrected chi connectivity index (χ0v) is 14.1. The van der Waals surface area contributed by atoms with Crippen molar-refractivity contribution in [1.29, 1.82) is 0 Å². The van der Waals surface area contributed by atoms with Crippen molar-refractivity contribution in [2.75, 3.05) is 7.05 Å². The number of rotatable bonds is 6. The molecule has 0 radical (unpaired) electrons.